The standard InChI is InChI=1S/C21H30O5S/c1-13(2)16-8-6-14(3)10-19(16)26-20(22)12-25-21(23)17-9-7-15(27-5)11-18(17)24-4/h7,9,11,13-14,16,19H,6,8,10,12H2,1-5H3/t14-,16-,19-/m1/s1. The van der Waals surface area contributed by atoms with E-state index in [1.807, 2.05) is 12.3 Å². The molecule has 0 N–H and O–H groups in total. The fraction of sp³-hybridized carbons (Fsp3) is 0.619. The molecule has 0 aromatic heterocycles. The highest BCUT2D eigenvalue weighted by molar-refractivity contribution is 7.98. The molecule has 1 fully saturated rings. The van der Waals surface area contributed by atoms with Crippen LogP contribution in [0.15, 0.2) is 23.1 Å². The molecule has 0 amide bonds. The quantitative estimate of drug-likeness (QED) is 0.498. The van der Waals surface area contributed by atoms with Crippen LogP contribution in [0, 0.1) is 17.8 Å². The molecule has 2 rings (SSSR count). The first kappa shape index (κ1) is 21.6. The number of hydrogen-bond donors (Lipinski definition) is 0. The number of ether oxygens (including phenoxy) is 3. The maximum Gasteiger partial charge on any atom is 0.344 e. The van der Waals surface area contributed by atoms with Crippen LogP contribution in [0.4, 0.5) is 0 Å². The molecule has 3 atom stereocenters. The summed E-state index contributed by atoms with van der Waals surface area (Å²) in [6.45, 7) is 6.11. The highest BCUT2D eigenvalue weighted by Crippen LogP contribution is 2.35. The SMILES string of the molecule is COc1cc(SC)ccc1C(=O)OCC(=O)O[C@@H]1C[C@H](C)CC[C@@H]1C(C)C. The maximum atomic E-state index is 12.3. The predicted molar refractivity (Wildman–Crippen MR) is 106 cm³/mol. The van der Waals surface area contributed by atoms with Crippen LogP contribution in [-0.2, 0) is 14.3 Å². The van der Waals surface area contributed by atoms with Crippen molar-refractivity contribution >= 4 is 23.7 Å². The third-order valence-corrected chi connectivity index (χ3v) is 5.92. The van der Waals surface area contributed by atoms with Gasteiger partial charge in [0, 0.05) is 4.90 Å². The smallest absolute Gasteiger partial charge is 0.344 e. The van der Waals surface area contributed by atoms with Gasteiger partial charge in [0.2, 0.25) is 0 Å². The van der Waals surface area contributed by atoms with Gasteiger partial charge in [-0.25, -0.2) is 9.59 Å². The second-order valence-corrected chi connectivity index (χ2v) is 8.38. The monoisotopic (exact) mass is 394 g/mol. The third-order valence-electron chi connectivity index (χ3n) is 5.19. The molecule has 6 heteroatoms. The molecule has 0 spiro atoms. The molecule has 1 saturated carbocycles. The lowest BCUT2D eigenvalue weighted by molar-refractivity contribution is -0.159. The molecule has 1 aliphatic rings. The second-order valence-electron chi connectivity index (χ2n) is 7.50. The van der Waals surface area contributed by atoms with Gasteiger partial charge in [-0.3, -0.25) is 0 Å². The van der Waals surface area contributed by atoms with Gasteiger partial charge < -0.3 is 14.2 Å². The Bertz CT molecular complexity index is 658. The lowest BCUT2D eigenvalue weighted by Gasteiger charge is -2.36. The van der Waals surface area contributed by atoms with Crippen molar-refractivity contribution in [2.24, 2.45) is 17.8 Å². The number of thioether (sulfide) groups is 1. The van der Waals surface area contributed by atoms with Crippen molar-refractivity contribution in [1.29, 1.82) is 0 Å². The summed E-state index contributed by atoms with van der Waals surface area (Å²) in [4.78, 5) is 25.6. The van der Waals surface area contributed by atoms with Crippen LogP contribution < -0.4 is 4.74 Å². The predicted octanol–water partition coefficient (Wildman–Crippen LogP) is 4.58. The summed E-state index contributed by atoms with van der Waals surface area (Å²) >= 11 is 1.55. The zero-order chi connectivity index (χ0) is 20.0. The molecule has 0 aliphatic heterocycles. The molecule has 150 valence electrons. The number of hydrogen-bond acceptors (Lipinski definition) is 6. The van der Waals surface area contributed by atoms with Crippen LogP contribution in [0.2, 0.25) is 0 Å². The largest absolute Gasteiger partial charge is 0.496 e. The van der Waals surface area contributed by atoms with E-state index in [1.54, 1.807) is 23.9 Å². The number of esters is 2. The second kappa shape index (κ2) is 10.0. The number of carbonyl (C=O) groups is 2. The van der Waals surface area contributed by atoms with Crippen LogP contribution in [-0.4, -0.2) is 38.0 Å². The van der Waals surface area contributed by atoms with Crippen LogP contribution >= 0.6 is 11.8 Å². The van der Waals surface area contributed by atoms with Gasteiger partial charge in [-0.2, -0.15) is 0 Å². The number of methoxy groups -OCH3 is 1. The average Bonchev–Trinajstić information content (AvgIpc) is 2.65. The first-order valence-electron chi connectivity index (χ1n) is 9.44. The van der Waals surface area contributed by atoms with Gasteiger partial charge in [-0.05, 0) is 55.1 Å². The average molecular weight is 395 g/mol. The summed E-state index contributed by atoms with van der Waals surface area (Å²) in [6, 6.07) is 5.24. The molecular weight excluding hydrogens is 364 g/mol. The van der Waals surface area contributed by atoms with Crippen LogP contribution in [0.1, 0.15) is 50.4 Å². The van der Waals surface area contributed by atoms with E-state index in [0.29, 0.717) is 29.1 Å². The van der Waals surface area contributed by atoms with Crippen LogP contribution in [0.3, 0.4) is 0 Å². The van der Waals surface area contributed by atoms with Crippen molar-refractivity contribution in [3.8, 4) is 5.75 Å². The highest BCUT2D eigenvalue weighted by Gasteiger charge is 2.33. The zero-order valence-electron chi connectivity index (χ0n) is 16.8. The lowest BCUT2D eigenvalue weighted by atomic mass is 9.75. The summed E-state index contributed by atoms with van der Waals surface area (Å²) in [5.41, 5.74) is 0.300. The molecule has 1 aromatic carbocycles. The molecular formula is C21H30O5S. The maximum absolute atomic E-state index is 12.3. The Balaban J connectivity index is 1.93. The van der Waals surface area contributed by atoms with Gasteiger partial charge in [-0.1, -0.05) is 27.2 Å². The first-order chi connectivity index (χ1) is 12.8. The molecule has 0 radical (unpaired) electrons. The minimum Gasteiger partial charge on any atom is -0.496 e. The topological polar surface area (TPSA) is 61.8 Å². The molecule has 0 heterocycles. The fourth-order valence-electron chi connectivity index (χ4n) is 3.62. The molecule has 0 saturated heterocycles. The van der Waals surface area contributed by atoms with Gasteiger partial charge in [0.1, 0.15) is 17.4 Å². The third kappa shape index (κ3) is 5.89. The van der Waals surface area contributed by atoms with Crippen molar-refractivity contribution in [2.45, 2.75) is 51.0 Å². The summed E-state index contributed by atoms with van der Waals surface area (Å²) in [7, 11) is 1.50. The number of benzene rings is 1. The minimum atomic E-state index is -0.589. The molecule has 0 unspecified atom stereocenters. The molecule has 5 nitrogen and oxygen atoms in total. The van der Waals surface area contributed by atoms with E-state index >= 15 is 0 Å². The summed E-state index contributed by atoms with van der Waals surface area (Å²) < 4.78 is 16.1. The Kier molecular flexibility index (Phi) is 8.02. The Morgan fingerprint density at radius 2 is 2.00 bits per heavy atom. The summed E-state index contributed by atoms with van der Waals surface area (Å²) in [6.07, 6.45) is 4.94. The molecule has 0 bridgehead atoms. The van der Waals surface area contributed by atoms with Gasteiger partial charge in [0.05, 0.1) is 7.11 Å². The van der Waals surface area contributed by atoms with Crippen molar-refractivity contribution < 1.29 is 23.8 Å². The number of carbonyl (C=O) groups excluding carboxylic acids is 2. The Morgan fingerprint density at radius 3 is 2.63 bits per heavy atom. The van der Waals surface area contributed by atoms with Gasteiger partial charge in [-0.15, -0.1) is 11.8 Å². The van der Waals surface area contributed by atoms with E-state index in [4.69, 9.17) is 14.2 Å². The number of rotatable bonds is 7. The van der Waals surface area contributed by atoms with Crippen LogP contribution in [0.25, 0.3) is 0 Å². The van der Waals surface area contributed by atoms with Crippen molar-refractivity contribution in [3.05, 3.63) is 23.8 Å². The normalized spacial score (nSPS) is 22.4. The Hall–Kier alpha value is -1.69. The minimum absolute atomic E-state index is 0.102. The van der Waals surface area contributed by atoms with Crippen molar-refractivity contribution in [1.82, 2.24) is 0 Å². The van der Waals surface area contributed by atoms with E-state index < -0.39 is 11.9 Å². The first-order valence-corrected chi connectivity index (χ1v) is 10.7. The molecule has 1 aliphatic carbocycles. The Labute approximate surface area is 166 Å². The molecule has 27 heavy (non-hydrogen) atoms. The van der Waals surface area contributed by atoms with Crippen LogP contribution in [0.5, 0.6) is 5.75 Å². The summed E-state index contributed by atoms with van der Waals surface area (Å²) in [5, 5.41) is 0. The fourth-order valence-corrected chi connectivity index (χ4v) is 4.05. The van der Waals surface area contributed by atoms with Crippen molar-refractivity contribution in [3.63, 3.8) is 0 Å². The van der Waals surface area contributed by atoms with Crippen molar-refractivity contribution in [2.75, 3.05) is 20.0 Å². The lowest BCUT2D eigenvalue weighted by Crippen LogP contribution is -2.36. The van der Waals surface area contributed by atoms with E-state index in [0.717, 1.165) is 24.2 Å². The van der Waals surface area contributed by atoms with E-state index in [2.05, 4.69) is 20.8 Å². The zero-order valence-corrected chi connectivity index (χ0v) is 17.6. The highest BCUT2D eigenvalue weighted by atomic mass is 32.2. The molecule has 1 aromatic rings. The van der Waals surface area contributed by atoms with E-state index in [-0.39, 0.29) is 12.7 Å². The summed E-state index contributed by atoms with van der Waals surface area (Å²) in [5.74, 6) is 0.708. The van der Waals surface area contributed by atoms with Gasteiger partial charge in [0.15, 0.2) is 6.61 Å². The van der Waals surface area contributed by atoms with Gasteiger partial charge in [0.25, 0.3) is 0 Å². The van der Waals surface area contributed by atoms with E-state index in [9.17, 15) is 9.59 Å². The Morgan fingerprint density at radius 1 is 1.26 bits per heavy atom. The van der Waals surface area contributed by atoms with Gasteiger partial charge >= 0.3 is 11.9 Å². The van der Waals surface area contributed by atoms with E-state index in [1.165, 1.54) is 7.11 Å².